The van der Waals surface area contributed by atoms with Gasteiger partial charge in [-0.05, 0) is 19.8 Å². The van der Waals surface area contributed by atoms with Crippen molar-refractivity contribution in [2.75, 3.05) is 27.9 Å². The van der Waals surface area contributed by atoms with E-state index in [1.807, 2.05) is 12.1 Å². The third-order valence-corrected chi connectivity index (χ3v) is 3.95. The van der Waals surface area contributed by atoms with Gasteiger partial charge in [-0.15, -0.1) is 0 Å². The summed E-state index contributed by atoms with van der Waals surface area (Å²) in [6.45, 7) is 4.96. The minimum absolute atomic E-state index is 0.120. The van der Waals surface area contributed by atoms with E-state index in [4.69, 9.17) is 14.2 Å². The Kier molecular flexibility index (Phi) is 6.78. The molecule has 1 aromatic rings. The zero-order valence-corrected chi connectivity index (χ0v) is 13.7. The van der Waals surface area contributed by atoms with Crippen molar-refractivity contribution in [2.45, 2.75) is 38.8 Å². The Labute approximate surface area is 127 Å². The fourth-order valence-corrected chi connectivity index (χ4v) is 2.19. The molecule has 0 heterocycles. The van der Waals surface area contributed by atoms with Gasteiger partial charge in [0.15, 0.2) is 0 Å². The van der Waals surface area contributed by atoms with Crippen LogP contribution in [0.3, 0.4) is 0 Å². The molecule has 0 aromatic heterocycles. The Bertz CT molecular complexity index is 425. The van der Waals surface area contributed by atoms with E-state index in [0.29, 0.717) is 18.7 Å². The lowest BCUT2D eigenvalue weighted by atomic mass is 9.94. The SMILES string of the molecule is CCC(C)(CCO)NCc1c(OC)cc(OC)cc1OC. The summed E-state index contributed by atoms with van der Waals surface area (Å²) in [5, 5.41) is 12.7. The number of methoxy groups -OCH3 is 3. The van der Waals surface area contributed by atoms with Crippen molar-refractivity contribution in [2.24, 2.45) is 0 Å². The van der Waals surface area contributed by atoms with E-state index in [1.54, 1.807) is 21.3 Å². The van der Waals surface area contributed by atoms with Gasteiger partial charge in [0, 0.05) is 30.8 Å². The van der Waals surface area contributed by atoms with Crippen molar-refractivity contribution in [3.63, 3.8) is 0 Å². The number of nitrogens with one attached hydrogen (secondary N) is 1. The van der Waals surface area contributed by atoms with E-state index in [-0.39, 0.29) is 12.1 Å². The van der Waals surface area contributed by atoms with Crippen LogP contribution in [-0.2, 0) is 6.54 Å². The fraction of sp³-hybridized carbons (Fsp3) is 0.625. The smallest absolute Gasteiger partial charge is 0.130 e. The molecule has 1 unspecified atom stereocenters. The highest BCUT2D eigenvalue weighted by Crippen LogP contribution is 2.34. The minimum atomic E-state index is -0.120. The second-order valence-electron chi connectivity index (χ2n) is 5.25. The van der Waals surface area contributed by atoms with Gasteiger partial charge in [0.1, 0.15) is 17.2 Å². The van der Waals surface area contributed by atoms with Crippen LogP contribution in [0.1, 0.15) is 32.3 Å². The fourth-order valence-electron chi connectivity index (χ4n) is 2.19. The molecular formula is C16H27NO4. The van der Waals surface area contributed by atoms with Gasteiger partial charge in [0.05, 0.1) is 26.9 Å². The van der Waals surface area contributed by atoms with E-state index in [1.165, 1.54) is 0 Å². The molecule has 120 valence electrons. The molecule has 0 saturated carbocycles. The van der Waals surface area contributed by atoms with Crippen LogP contribution >= 0.6 is 0 Å². The maximum Gasteiger partial charge on any atom is 0.130 e. The molecule has 5 heteroatoms. The highest BCUT2D eigenvalue weighted by atomic mass is 16.5. The summed E-state index contributed by atoms with van der Waals surface area (Å²) < 4.78 is 16.1. The normalized spacial score (nSPS) is 13.6. The van der Waals surface area contributed by atoms with Gasteiger partial charge in [0.25, 0.3) is 0 Å². The summed E-state index contributed by atoms with van der Waals surface area (Å²) in [5.41, 5.74) is 0.823. The molecule has 1 rings (SSSR count). The number of rotatable bonds is 9. The minimum Gasteiger partial charge on any atom is -0.496 e. The summed E-state index contributed by atoms with van der Waals surface area (Å²) in [4.78, 5) is 0. The van der Waals surface area contributed by atoms with E-state index >= 15 is 0 Å². The zero-order valence-electron chi connectivity index (χ0n) is 13.7. The van der Waals surface area contributed by atoms with Gasteiger partial charge in [-0.25, -0.2) is 0 Å². The van der Waals surface area contributed by atoms with Gasteiger partial charge in [-0.2, -0.15) is 0 Å². The van der Waals surface area contributed by atoms with Crippen LogP contribution in [0.15, 0.2) is 12.1 Å². The monoisotopic (exact) mass is 297 g/mol. The third-order valence-electron chi connectivity index (χ3n) is 3.95. The number of benzene rings is 1. The second kappa shape index (κ2) is 8.10. The van der Waals surface area contributed by atoms with Crippen LogP contribution in [0, 0.1) is 0 Å². The average molecular weight is 297 g/mol. The molecule has 0 aliphatic rings. The molecule has 0 bridgehead atoms. The first-order valence-corrected chi connectivity index (χ1v) is 7.18. The summed E-state index contributed by atoms with van der Waals surface area (Å²) in [6, 6.07) is 3.68. The van der Waals surface area contributed by atoms with Crippen LogP contribution in [0.5, 0.6) is 17.2 Å². The van der Waals surface area contributed by atoms with E-state index in [2.05, 4.69) is 19.2 Å². The number of hydrogen-bond donors (Lipinski definition) is 2. The quantitative estimate of drug-likeness (QED) is 0.733. The van der Waals surface area contributed by atoms with Crippen LogP contribution in [-0.4, -0.2) is 38.6 Å². The van der Waals surface area contributed by atoms with Crippen molar-refractivity contribution in [1.82, 2.24) is 5.32 Å². The molecule has 0 saturated heterocycles. The summed E-state index contributed by atoms with van der Waals surface area (Å²) in [6.07, 6.45) is 1.62. The van der Waals surface area contributed by atoms with Crippen LogP contribution in [0.25, 0.3) is 0 Å². The molecule has 1 aromatic carbocycles. The van der Waals surface area contributed by atoms with Crippen molar-refractivity contribution in [1.29, 1.82) is 0 Å². The maximum absolute atomic E-state index is 9.19. The molecule has 0 fully saturated rings. The lowest BCUT2D eigenvalue weighted by Crippen LogP contribution is -2.42. The van der Waals surface area contributed by atoms with Crippen molar-refractivity contribution >= 4 is 0 Å². The summed E-state index contributed by atoms with van der Waals surface area (Å²) in [5.74, 6) is 2.14. The largest absolute Gasteiger partial charge is 0.496 e. The molecule has 1 atom stereocenters. The highest BCUT2D eigenvalue weighted by molar-refractivity contribution is 5.50. The molecule has 0 amide bonds. The zero-order chi connectivity index (χ0) is 15.9. The number of ether oxygens (including phenoxy) is 3. The van der Waals surface area contributed by atoms with Crippen LogP contribution in [0.4, 0.5) is 0 Å². The van der Waals surface area contributed by atoms with E-state index in [9.17, 15) is 5.11 Å². The molecule has 21 heavy (non-hydrogen) atoms. The van der Waals surface area contributed by atoms with E-state index < -0.39 is 0 Å². The molecular weight excluding hydrogens is 270 g/mol. The molecule has 0 aliphatic heterocycles. The summed E-state index contributed by atoms with van der Waals surface area (Å²) in [7, 11) is 4.87. The Hall–Kier alpha value is -1.46. The van der Waals surface area contributed by atoms with Gasteiger partial charge in [-0.1, -0.05) is 6.92 Å². The standard InChI is InChI=1S/C16H27NO4/c1-6-16(2,7-8-18)17-11-13-14(20-4)9-12(19-3)10-15(13)21-5/h9-10,17-18H,6-8,11H2,1-5H3. The third kappa shape index (κ3) is 4.51. The number of hydrogen-bond acceptors (Lipinski definition) is 5. The Morgan fingerprint density at radius 1 is 1.10 bits per heavy atom. The first-order chi connectivity index (χ1) is 10.0. The van der Waals surface area contributed by atoms with Gasteiger partial charge in [-0.3, -0.25) is 0 Å². The van der Waals surface area contributed by atoms with Gasteiger partial charge < -0.3 is 24.6 Å². The number of aliphatic hydroxyl groups is 1. The first-order valence-electron chi connectivity index (χ1n) is 7.18. The highest BCUT2D eigenvalue weighted by Gasteiger charge is 2.22. The van der Waals surface area contributed by atoms with Crippen molar-refractivity contribution in [3.8, 4) is 17.2 Å². The maximum atomic E-state index is 9.19. The number of aliphatic hydroxyl groups excluding tert-OH is 1. The Morgan fingerprint density at radius 2 is 1.67 bits per heavy atom. The molecule has 2 N–H and O–H groups in total. The topological polar surface area (TPSA) is 60.0 Å². The van der Waals surface area contributed by atoms with Crippen LogP contribution in [0.2, 0.25) is 0 Å². The molecule has 0 radical (unpaired) electrons. The Balaban J connectivity index is 3.01. The molecule has 0 spiro atoms. The first kappa shape index (κ1) is 17.6. The lowest BCUT2D eigenvalue weighted by molar-refractivity contribution is 0.213. The van der Waals surface area contributed by atoms with Crippen molar-refractivity contribution in [3.05, 3.63) is 17.7 Å². The van der Waals surface area contributed by atoms with Gasteiger partial charge >= 0.3 is 0 Å². The predicted molar refractivity (Wildman–Crippen MR) is 83.3 cm³/mol. The lowest BCUT2D eigenvalue weighted by Gasteiger charge is -2.30. The van der Waals surface area contributed by atoms with E-state index in [0.717, 1.165) is 23.5 Å². The average Bonchev–Trinajstić information content (AvgIpc) is 2.52. The van der Waals surface area contributed by atoms with Crippen molar-refractivity contribution < 1.29 is 19.3 Å². The second-order valence-corrected chi connectivity index (χ2v) is 5.25. The predicted octanol–water partition coefficient (Wildman–Crippen LogP) is 2.35. The molecule has 0 aliphatic carbocycles. The molecule has 5 nitrogen and oxygen atoms in total. The van der Waals surface area contributed by atoms with Gasteiger partial charge in [0.2, 0.25) is 0 Å². The summed E-state index contributed by atoms with van der Waals surface area (Å²) >= 11 is 0. The Morgan fingerprint density at radius 3 is 2.05 bits per heavy atom. The van der Waals surface area contributed by atoms with Crippen LogP contribution < -0.4 is 19.5 Å².